The molecule has 0 aliphatic rings. The Hall–Kier alpha value is -2.62. The summed E-state index contributed by atoms with van der Waals surface area (Å²) in [6, 6.07) is 10.1. The van der Waals surface area contributed by atoms with Gasteiger partial charge in [0, 0.05) is 22.5 Å². The molecule has 4 aromatic heterocycles. The molecule has 1 aromatic carbocycles. The Morgan fingerprint density at radius 2 is 1.97 bits per heavy atom. The summed E-state index contributed by atoms with van der Waals surface area (Å²) in [5, 5.41) is 4.99. The molecule has 4 heterocycles. The normalized spacial score (nSPS) is 11.4. The van der Waals surface area contributed by atoms with Crippen molar-refractivity contribution in [3.8, 4) is 11.1 Å². The smallest absolute Gasteiger partial charge is 0.268 e. The summed E-state index contributed by atoms with van der Waals surface area (Å²) in [7, 11) is 1.95. The van der Waals surface area contributed by atoms with E-state index < -0.39 is 0 Å². The molecule has 0 unspecified atom stereocenters. The minimum atomic E-state index is -0.104. The van der Waals surface area contributed by atoms with E-state index in [1.807, 2.05) is 35.5 Å². The zero-order valence-corrected chi connectivity index (χ0v) is 18.4. The van der Waals surface area contributed by atoms with Crippen LogP contribution in [-0.2, 0) is 6.54 Å². The zero-order valence-electron chi connectivity index (χ0n) is 15.2. The fraction of sp³-hybridized carbons (Fsp3) is 0.100. The highest BCUT2D eigenvalue weighted by Crippen LogP contribution is 2.38. The molecule has 0 radical (unpaired) electrons. The fourth-order valence-electron chi connectivity index (χ4n) is 3.29. The summed E-state index contributed by atoms with van der Waals surface area (Å²) in [5.41, 5.74) is 2.82. The minimum absolute atomic E-state index is 0.104. The third kappa shape index (κ3) is 3.35. The van der Waals surface area contributed by atoms with Crippen molar-refractivity contribution in [1.82, 2.24) is 19.9 Å². The lowest BCUT2D eigenvalue weighted by Crippen LogP contribution is -2.22. The van der Waals surface area contributed by atoms with E-state index in [1.54, 1.807) is 17.7 Å². The number of fused-ring (bicyclic) bond motifs is 2. The average Bonchev–Trinajstić information content (AvgIpc) is 3.35. The summed E-state index contributed by atoms with van der Waals surface area (Å²) in [6.45, 7) is 0.433. The summed E-state index contributed by atoms with van der Waals surface area (Å²) in [5.74, 6) is 1.41. The topological polar surface area (TPSA) is 74.8 Å². The van der Waals surface area contributed by atoms with Gasteiger partial charge in [-0.05, 0) is 29.1 Å². The molecule has 0 bridgehead atoms. The number of halogens is 1. The number of nitrogens with one attached hydrogen (secondary N) is 1. The van der Waals surface area contributed by atoms with Crippen LogP contribution in [0.1, 0.15) is 5.82 Å². The molecular weight excluding hydrogens is 470 g/mol. The van der Waals surface area contributed by atoms with Crippen LogP contribution < -0.4 is 10.5 Å². The van der Waals surface area contributed by atoms with Crippen LogP contribution in [0.4, 0.5) is 5.82 Å². The molecule has 9 heteroatoms. The molecule has 0 atom stereocenters. The molecule has 0 amide bonds. The molecule has 0 saturated carbocycles. The predicted molar refractivity (Wildman–Crippen MR) is 123 cm³/mol. The Morgan fingerprint density at radius 1 is 1.14 bits per heavy atom. The Balaban J connectivity index is 1.57. The van der Waals surface area contributed by atoms with Gasteiger partial charge in [-0.15, -0.1) is 22.7 Å². The van der Waals surface area contributed by atoms with Crippen LogP contribution in [0, 0.1) is 0 Å². The van der Waals surface area contributed by atoms with Crippen molar-refractivity contribution in [2.75, 3.05) is 11.9 Å². The quantitative estimate of drug-likeness (QED) is 0.386. The molecule has 0 aliphatic carbocycles. The zero-order chi connectivity index (χ0) is 20.0. The number of thiophene rings is 2. The SMILES string of the molecule is CN(Cc1nc2ccsc2c(=O)[nH]1)c1ncnc2scc(-c3ccc(Br)cc3)c12. The van der Waals surface area contributed by atoms with Gasteiger partial charge >= 0.3 is 0 Å². The van der Waals surface area contributed by atoms with Crippen molar-refractivity contribution in [1.29, 1.82) is 0 Å². The van der Waals surface area contributed by atoms with Gasteiger partial charge in [0.15, 0.2) is 0 Å². The number of hydrogen-bond acceptors (Lipinski definition) is 7. The predicted octanol–water partition coefficient (Wildman–Crippen LogP) is 5.06. The van der Waals surface area contributed by atoms with E-state index in [0.717, 1.165) is 37.2 Å². The van der Waals surface area contributed by atoms with Gasteiger partial charge in [0.1, 0.15) is 27.5 Å². The van der Waals surface area contributed by atoms with Crippen LogP contribution in [0.15, 0.2) is 56.7 Å². The maximum Gasteiger partial charge on any atom is 0.268 e. The Bertz CT molecular complexity index is 1390. The second kappa shape index (κ2) is 7.33. The summed E-state index contributed by atoms with van der Waals surface area (Å²) < 4.78 is 1.68. The minimum Gasteiger partial charge on any atom is -0.352 e. The first-order valence-electron chi connectivity index (χ1n) is 8.76. The van der Waals surface area contributed by atoms with Gasteiger partial charge in [-0.1, -0.05) is 28.1 Å². The van der Waals surface area contributed by atoms with Crippen LogP contribution >= 0.6 is 38.6 Å². The van der Waals surface area contributed by atoms with E-state index in [0.29, 0.717) is 17.1 Å². The van der Waals surface area contributed by atoms with Crippen molar-refractivity contribution in [2.45, 2.75) is 6.54 Å². The first-order chi connectivity index (χ1) is 14.1. The van der Waals surface area contributed by atoms with Crippen LogP contribution in [0.25, 0.3) is 31.6 Å². The van der Waals surface area contributed by atoms with E-state index in [-0.39, 0.29) is 5.56 Å². The highest BCUT2D eigenvalue weighted by molar-refractivity contribution is 9.10. The van der Waals surface area contributed by atoms with E-state index in [9.17, 15) is 4.79 Å². The largest absolute Gasteiger partial charge is 0.352 e. The molecule has 0 spiro atoms. The summed E-state index contributed by atoms with van der Waals surface area (Å²) >= 11 is 6.48. The molecule has 0 aliphatic heterocycles. The number of nitrogens with zero attached hydrogens (tertiary/aromatic N) is 4. The van der Waals surface area contributed by atoms with Crippen molar-refractivity contribution in [2.24, 2.45) is 0 Å². The molecule has 5 rings (SSSR count). The van der Waals surface area contributed by atoms with Crippen molar-refractivity contribution >= 4 is 64.9 Å². The molecule has 0 fully saturated rings. The molecular formula is C20H14BrN5OS2. The van der Waals surface area contributed by atoms with Crippen LogP contribution in [0.5, 0.6) is 0 Å². The lowest BCUT2D eigenvalue weighted by molar-refractivity contribution is 0.829. The standard InChI is InChI=1S/C20H14BrN5OS2/c1-26(8-15-24-14-6-7-28-17(14)19(27)25-15)18-16-13(9-29-20(16)23-10-22-18)11-2-4-12(21)5-3-11/h2-7,9-10H,8H2,1H3,(H,24,25,27). The van der Waals surface area contributed by atoms with Gasteiger partial charge in [0.25, 0.3) is 5.56 Å². The maximum atomic E-state index is 12.3. The lowest BCUT2D eigenvalue weighted by atomic mass is 10.1. The van der Waals surface area contributed by atoms with Crippen molar-refractivity contribution < 1.29 is 0 Å². The summed E-state index contributed by atoms with van der Waals surface area (Å²) in [6.07, 6.45) is 1.58. The maximum absolute atomic E-state index is 12.3. The van der Waals surface area contributed by atoms with Crippen molar-refractivity contribution in [3.63, 3.8) is 0 Å². The fourth-order valence-corrected chi connectivity index (χ4v) is 5.19. The summed E-state index contributed by atoms with van der Waals surface area (Å²) in [4.78, 5) is 31.7. The second-order valence-electron chi connectivity index (χ2n) is 6.54. The first-order valence-corrected chi connectivity index (χ1v) is 11.3. The average molecular weight is 484 g/mol. The molecule has 5 aromatic rings. The van der Waals surface area contributed by atoms with E-state index in [2.05, 4.69) is 53.4 Å². The van der Waals surface area contributed by atoms with E-state index in [4.69, 9.17) is 0 Å². The Labute approximate surface area is 182 Å². The van der Waals surface area contributed by atoms with Crippen LogP contribution in [-0.4, -0.2) is 27.0 Å². The third-order valence-electron chi connectivity index (χ3n) is 4.62. The van der Waals surface area contributed by atoms with Crippen LogP contribution in [0.2, 0.25) is 0 Å². The van der Waals surface area contributed by atoms with Crippen molar-refractivity contribution in [3.05, 3.63) is 68.1 Å². The second-order valence-corrected chi connectivity index (χ2v) is 9.23. The molecule has 144 valence electrons. The van der Waals surface area contributed by atoms with Gasteiger partial charge < -0.3 is 9.88 Å². The first kappa shape index (κ1) is 18.4. The lowest BCUT2D eigenvalue weighted by Gasteiger charge is -2.19. The Kier molecular flexibility index (Phi) is 4.65. The van der Waals surface area contributed by atoms with E-state index in [1.165, 1.54) is 11.3 Å². The molecule has 6 nitrogen and oxygen atoms in total. The number of aromatic amines is 1. The van der Waals surface area contributed by atoms with Gasteiger partial charge in [-0.25, -0.2) is 15.0 Å². The van der Waals surface area contributed by atoms with Gasteiger partial charge in [-0.2, -0.15) is 0 Å². The van der Waals surface area contributed by atoms with Gasteiger partial charge in [0.05, 0.1) is 17.4 Å². The number of H-pyrrole nitrogens is 1. The number of hydrogen-bond donors (Lipinski definition) is 1. The van der Waals surface area contributed by atoms with Gasteiger partial charge in [-0.3, -0.25) is 4.79 Å². The Morgan fingerprint density at radius 3 is 2.79 bits per heavy atom. The highest BCUT2D eigenvalue weighted by Gasteiger charge is 2.17. The molecule has 1 N–H and O–H groups in total. The van der Waals surface area contributed by atoms with Gasteiger partial charge in [0.2, 0.25) is 0 Å². The molecule has 29 heavy (non-hydrogen) atoms. The number of rotatable bonds is 4. The van der Waals surface area contributed by atoms with E-state index >= 15 is 0 Å². The monoisotopic (exact) mass is 483 g/mol. The highest BCUT2D eigenvalue weighted by atomic mass is 79.9. The number of aromatic nitrogens is 4. The van der Waals surface area contributed by atoms with Crippen LogP contribution in [0.3, 0.4) is 0 Å². The number of benzene rings is 1. The third-order valence-corrected chi connectivity index (χ3v) is 6.94. The number of anilines is 1. The molecule has 0 saturated heterocycles.